The summed E-state index contributed by atoms with van der Waals surface area (Å²) in [5.41, 5.74) is 2.79. The van der Waals surface area contributed by atoms with Crippen LogP contribution in [0, 0.1) is 0 Å². The smallest absolute Gasteiger partial charge is 0.262 e. The molecule has 1 aliphatic heterocycles. The van der Waals surface area contributed by atoms with Crippen molar-refractivity contribution < 1.29 is 14.6 Å². The van der Waals surface area contributed by atoms with Gasteiger partial charge < -0.3 is 15.2 Å². The highest BCUT2D eigenvalue weighted by molar-refractivity contribution is 6.12. The number of phenolic OH excluding ortho intramolecular Hbond substituents is 1. The van der Waals surface area contributed by atoms with Gasteiger partial charge in [0, 0.05) is 5.69 Å². The molecule has 3 aromatic carbocycles. The lowest BCUT2D eigenvalue weighted by Gasteiger charge is -2.38. The SMILES string of the molecule is COc1ccccc1N1C(=O)c2ccccc2N[C@@H]1c1cccc(O)c1. The van der Waals surface area contributed by atoms with Crippen molar-refractivity contribution in [3.05, 3.63) is 83.9 Å². The van der Waals surface area contributed by atoms with Crippen LogP contribution in [0.3, 0.4) is 0 Å². The maximum Gasteiger partial charge on any atom is 0.262 e. The number of carbonyl (C=O) groups excluding carboxylic acids is 1. The van der Waals surface area contributed by atoms with Gasteiger partial charge in [0.15, 0.2) is 0 Å². The number of para-hydroxylation sites is 3. The van der Waals surface area contributed by atoms with E-state index in [1.807, 2.05) is 48.5 Å². The van der Waals surface area contributed by atoms with E-state index < -0.39 is 6.17 Å². The Kier molecular flexibility index (Phi) is 3.97. The summed E-state index contributed by atoms with van der Waals surface area (Å²) in [5, 5.41) is 13.3. The minimum Gasteiger partial charge on any atom is -0.508 e. The topological polar surface area (TPSA) is 61.8 Å². The zero-order valence-corrected chi connectivity index (χ0v) is 14.2. The van der Waals surface area contributed by atoms with Gasteiger partial charge in [-0.15, -0.1) is 0 Å². The van der Waals surface area contributed by atoms with Gasteiger partial charge in [0.05, 0.1) is 18.4 Å². The molecule has 0 saturated carbocycles. The highest BCUT2D eigenvalue weighted by Gasteiger charge is 2.35. The molecule has 0 aliphatic carbocycles. The molecule has 5 heteroatoms. The molecule has 1 aliphatic rings. The third-order valence-corrected chi connectivity index (χ3v) is 4.46. The fourth-order valence-electron chi connectivity index (χ4n) is 3.26. The van der Waals surface area contributed by atoms with Crippen molar-refractivity contribution in [2.75, 3.05) is 17.3 Å². The first-order valence-electron chi connectivity index (χ1n) is 8.30. The number of carbonyl (C=O) groups is 1. The van der Waals surface area contributed by atoms with Gasteiger partial charge in [-0.05, 0) is 42.0 Å². The van der Waals surface area contributed by atoms with Crippen molar-refractivity contribution in [3.8, 4) is 11.5 Å². The van der Waals surface area contributed by atoms with E-state index in [1.165, 1.54) is 0 Å². The molecule has 0 fully saturated rings. The lowest BCUT2D eigenvalue weighted by atomic mass is 10.0. The van der Waals surface area contributed by atoms with Crippen LogP contribution in [0.1, 0.15) is 22.1 Å². The van der Waals surface area contributed by atoms with Crippen molar-refractivity contribution >= 4 is 17.3 Å². The summed E-state index contributed by atoms with van der Waals surface area (Å²) >= 11 is 0. The molecule has 0 bridgehead atoms. The summed E-state index contributed by atoms with van der Waals surface area (Å²) in [6.45, 7) is 0. The van der Waals surface area contributed by atoms with Crippen molar-refractivity contribution in [1.82, 2.24) is 0 Å². The summed E-state index contributed by atoms with van der Waals surface area (Å²) in [6.07, 6.45) is -0.471. The van der Waals surface area contributed by atoms with Crippen LogP contribution in [-0.2, 0) is 0 Å². The van der Waals surface area contributed by atoms with Gasteiger partial charge in [0.1, 0.15) is 17.7 Å². The maximum atomic E-state index is 13.3. The van der Waals surface area contributed by atoms with Crippen LogP contribution < -0.4 is 15.0 Å². The Morgan fingerprint density at radius 3 is 2.58 bits per heavy atom. The van der Waals surface area contributed by atoms with Crippen LogP contribution >= 0.6 is 0 Å². The Bertz CT molecular complexity index is 971. The van der Waals surface area contributed by atoms with Gasteiger partial charge >= 0.3 is 0 Å². The lowest BCUT2D eigenvalue weighted by molar-refractivity contribution is 0.0974. The Balaban J connectivity index is 1.91. The number of amides is 1. The van der Waals surface area contributed by atoms with Gasteiger partial charge in [-0.1, -0.05) is 36.4 Å². The number of anilines is 2. The van der Waals surface area contributed by atoms with Gasteiger partial charge in [-0.25, -0.2) is 0 Å². The van der Waals surface area contributed by atoms with E-state index >= 15 is 0 Å². The average molecular weight is 346 g/mol. The van der Waals surface area contributed by atoms with Crippen LogP contribution in [0.5, 0.6) is 11.5 Å². The number of methoxy groups -OCH3 is 1. The molecule has 4 rings (SSSR count). The lowest BCUT2D eigenvalue weighted by Crippen LogP contribution is -2.43. The molecule has 1 amide bonds. The molecule has 130 valence electrons. The van der Waals surface area contributed by atoms with E-state index in [0.29, 0.717) is 17.0 Å². The monoisotopic (exact) mass is 346 g/mol. The number of hydrogen-bond acceptors (Lipinski definition) is 4. The fraction of sp³-hybridized carbons (Fsp3) is 0.0952. The molecule has 1 atom stereocenters. The Morgan fingerprint density at radius 2 is 1.77 bits per heavy atom. The minimum atomic E-state index is -0.471. The first kappa shape index (κ1) is 16.0. The third-order valence-electron chi connectivity index (χ3n) is 4.46. The second kappa shape index (κ2) is 6.44. The molecule has 0 unspecified atom stereocenters. The van der Waals surface area contributed by atoms with Crippen LogP contribution in [0.25, 0.3) is 0 Å². The average Bonchev–Trinajstić information content (AvgIpc) is 2.68. The van der Waals surface area contributed by atoms with Crippen molar-refractivity contribution in [2.24, 2.45) is 0 Å². The van der Waals surface area contributed by atoms with Crippen molar-refractivity contribution in [3.63, 3.8) is 0 Å². The molecule has 0 spiro atoms. The van der Waals surface area contributed by atoms with Crippen LogP contribution in [0.2, 0.25) is 0 Å². The predicted molar refractivity (Wildman–Crippen MR) is 101 cm³/mol. The number of aromatic hydroxyl groups is 1. The van der Waals surface area contributed by atoms with Crippen molar-refractivity contribution in [2.45, 2.75) is 6.17 Å². The number of fused-ring (bicyclic) bond motifs is 1. The number of rotatable bonds is 3. The van der Waals surface area contributed by atoms with Gasteiger partial charge in [0.2, 0.25) is 0 Å². The number of phenols is 1. The number of benzene rings is 3. The van der Waals surface area contributed by atoms with E-state index in [-0.39, 0.29) is 11.7 Å². The maximum absolute atomic E-state index is 13.3. The van der Waals surface area contributed by atoms with E-state index in [1.54, 1.807) is 36.3 Å². The first-order chi connectivity index (χ1) is 12.7. The summed E-state index contributed by atoms with van der Waals surface area (Å²) in [5.74, 6) is 0.625. The highest BCUT2D eigenvalue weighted by atomic mass is 16.5. The van der Waals surface area contributed by atoms with Gasteiger partial charge in [-0.2, -0.15) is 0 Å². The molecule has 0 aromatic heterocycles. The second-order valence-electron chi connectivity index (χ2n) is 6.03. The fourth-order valence-corrected chi connectivity index (χ4v) is 3.26. The summed E-state index contributed by atoms with van der Waals surface area (Å²) in [7, 11) is 1.58. The summed E-state index contributed by atoms with van der Waals surface area (Å²) in [4.78, 5) is 15.0. The summed E-state index contributed by atoms with van der Waals surface area (Å²) in [6, 6.07) is 21.7. The van der Waals surface area contributed by atoms with Crippen molar-refractivity contribution in [1.29, 1.82) is 0 Å². The largest absolute Gasteiger partial charge is 0.508 e. The van der Waals surface area contributed by atoms with Crippen LogP contribution in [0.15, 0.2) is 72.8 Å². The number of hydrogen-bond donors (Lipinski definition) is 2. The molecular formula is C21H18N2O3. The number of nitrogens with zero attached hydrogens (tertiary/aromatic N) is 1. The Hall–Kier alpha value is -3.47. The molecule has 0 saturated heterocycles. The quantitative estimate of drug-likeness (QED) is 0.747. The van der Waals surface area contributed by atoms with E-state index in [4.69, 9.17) is 4.74 Å². The molecular weight excluding hydrogens is 328 g/mol. The summed E-state index contributed by atoms with van der Waals surface area (Å²) < 4.78 is 5.47. The normalized spacial score (nSPS) is 16.0. The molecule has 3 aromatic rings. The van der Waals surface area contributed by atoms with Gasteiger partial charge in [0.25, 0.3) is 5.91 Å². The molecule has 5 nitrogen and oxygen atoms in total. The highest BCUT2D eigenvalue weighted by Crippen LogP contribution is 2.40. The predicted octanol–water partition coefficient (Wildman–Crippen LogP) is 4.17. The third kappa shape index (κ3) is 2.63. The van der Waals surface area contributed by atoms with Gasteiger partial charge in [-0.3, -0.25) is 9.69 Å². The minimum absolute atomic E-state index is 0.128. The molecule has 26 heavy (non-hydrogen) atoms. The molecule has 0 radical (unpaired) electrons. The van der Waals surface area contributed by atoms with Crippen LogP contribution in [0.4, 0.5) is 11.4 Å². The Morgan fingerprint density at radius 1 is 1.00 bits per heavy atom. The van der Waals surface area contributed by atoms with E-state index in [0.717, 1.165) is 11.3 Å². The zero-order chi connectivity index (χ0) is 18.1. The van der Waals surface area contributed by atoms with E-state index in [9.17, 15) is 9.90 Å². The standard InChI is InChI=1S/C21H18N2O3/c1-26-19-12-5-4-11-18(19)23-20(14-7-6-8-15(24)13-14)22-17-10-3-2-9-16(17)21(23)25/h2-13,20,22,24H,1H3/t20-/m0/s1. The molecule has 1 heterocycles. The second-order valence-corrected chi connectivity index (χ2v) is 6.03. The molecule has 2 N–H and O–H groups in total. The number of ether oxygens (including phenoxy) is 1. The number of nitrogens with one attached hydrogen (secondary N) is 1. The zero-order valence-electron chi connectivity index (χ0n) is 14.2. The first-order valence-corrected chi connectivity index (χ1v) is 8.30. The van der Waals surface area contributed by atoms with E-state index in [2.05, 4.69) is 5.32 Å². The van der Waals surface area contributed by atoms with Crippen LogP contribution in [-0.4, -0.2) is 18.1 Å². The Labute approximate surface area is 151 Å².